The maximum atomic E-state index is 13.1. The zero-order valence-corrected chi connectivity index (χ0v) is 16.7. The number of fused-ring (bicyclic) bond motifs is 1. The summed E-state index contributed by atoms with van der Waals surface area (Å²) < 4.78 is 18.0. The van der Waals surface area contributed by atoms with Crippen LogP contribution in [0.3, 0.4) is 0 Å². The molecule has 1 aliphatic rings. The van der Waals surface area contributed by atoms with Crippen molar-refractivity contribution >= 4 is 5.91 Å². The van der Waals surface area contributed by atoms with Gasteiger partial charge in [-0.25, -0.2) is 13.9 Å². The summed E-state index contributed by atoms with van der Waals surface area (Å²) in [6.07, 6.45) is 6.86. The predicted molar refractivity (Wildman–Crippen MR) is 108 cm³/mol. The van der Waals surface area contributed by atoms with Crippen LogP contribution in [0.1, 0.15) is 37.1 Å². The fourth-order valence-electron chi connectivity index (χ4n) is 3.77. The minimum absolute atomic E-state index is 0.0282. The number of aromatic nitrogens is 5. The van der Waals surface area contributed by atoms with Gasteiger partial charge in [-0.3, -0.25) is 14.0 Å². The van der Waals surface area contributed by atoms with E-state index < -0.39 is 0 Å². The van der Waals surface area contributed by atoms with Crippen LogP contribution in [0.2, 0.25) is 0 Å². The molecule has 0 radical (unpaired) electrons. The van der Waals surface area contributed by atoms with Crippen molar-refractivity contribution in [3.05, 3.63) is 70.4 Å². The first-order chi connectivity index (χ1) is 14.6. The van der Waals surface area contributed by atoms with E-state index in [4.69, 9.17) is 0 Å². The lowest BCUT2D eigenvalue weighted by Gasteiger charge is -2.16. The van der Waals surface area contributed by atoms with Crippen molar-refractivity contribution < 1.29 is 9.18 Å². The highest BCUT2D eigenvalue weighted by atomic mass is 19.1. The van der Waals surface area contributed by atoms with Gasteiger partial charge in [-0.2, -0.15) is 10.2 Å². The Morgan fingerprint density at radius 1 is 1.23 bits per heavy atom. The third-order valence-corrected chi connectivity index (χ3v) is 5.38. The summed E-state index contributed by atoms with van der Waals surface area (Å²) in [6.45, 7) is 1.55. The van der Waals surface area contributed by atoms with Gasteiger partial charge in [-0.1, -0.05) is 12.1 Å². The summed E-state index contributed by atoms with van der Waals surface area (Å²) in [5.41, 5.74) is 0.660. The van der Waals surface area contributed by atoms with Gasteiger partial charge in [-0.15, -0.1) is 0 Å². The van der Waals surface area contributed by atoms with Crippen molar-refractivity contribution in [3.63, 3.8) is 0 Å². The molecule has 30 heavy (non-hydrogen) atoms. The number of carbonyl (C=O) groups is 1. The molecule has 0 saturated heterocycles. The van der Waals surface area contributed by atoms with Crippen LogP contribution < -0.4 is 11.0 Å². The van der Waals surface area contributed by atoms with Crippen LogP contribution in [0.15, 0.2) is 47.5 Å². The second-order valence-electron chi connectivity index (χ2n) is 7.60. The molecule has 158 valence electrons. The Hall–Kier alpha value is -3.23. The standard InChI is InChI=1S/C21H25FN6O2/c22-17-6-4-16(5-7-17)15-28-21(30)27-14-10-18(8-9-19(27)25-28)24-20(29)3-1-12-26-13-2-11-23-26/h2,4-7,11,13,18H,1,3,8-10,12,14-15H2,(H,24,29). The second kappa shape index (κ2) is 9.06. The first-order valence-electron chi connectivity index (χ1n) is 10.3. The SMILES string of the molecule is O=C(CCCn1cccn1)NC1CCc2nn(Cc3ccc(F)cc3)c(=O)n2CC1. The molecule has 1 N–H and O–H groups in total. The van der Waals surface area contributed by atoms with E-state index in [1.54, 1.807) is 22.9 Å². The number of carbonyl (C=O) groups excluding carboxylic acids is 1. The molecule has 0 saturated carbocycles. The van der Waals surface area contributed by atoms with Gasteiger partial charge in [-0.05, 0) is 43.0 Å². The van der Waals surface area contributed by atoms with Crippen molar-refractivity contribution in [3.8, 4) is 0 Å². The summed E-state index contributed by atoms with van der Waals surface area (Å²) >= 11 is 0. The first-order valence-corrected chi connectivity index (χ1v) is 10.3. The number of nitrogens with zero attached hydrogens (tertiary/aromatic N) is 5. The molecular formula is C21H25FN6O2. The average molecular weight is 412 g/mol. The Kier molecular flexibility index (Phi) is 6.06. The highest BCUT2D eigenvalue weighted by Gasteiger charge is 2.22. The van der Waals surface area contributed by atoms with Crippen LogP contribution in [-0.4, -0.2) is 36.1 Å². The number of hydrogen-bond acceptors (Lipinski definition) is 4. The monoisotopic (exact) mass is 412 g/mol. The number of nitrogens with one attached hydrogen (secondary N) is 1. The van der Waals surface area contributed by atoms with Crippen molar-refractivity contribution in [2.24, 2.45) is 0 Å². The molecule has 0 spiro atoms. The van der Waals surface area contributed by atoms with Gasteiger partial charge < -0.3 is 5.32 Å². The summed E-state index contributed by atoms with van der Waals surface area (Å²) in [5, 5.41) is 11.7. The molecular weight excluding hydrogens is 387 g/mol. The molecule has 0 aliphatic carbocycles. The number of benzene rings is 1. The molecule has 1 aliphatic heterocycles. The minimum Gasteiger partial charge on any atom is -0.353 e. The Bertz CT molecular complexity index is 1040. The average Bonchev–Trinajstić information content (AvgIpc) is 3.29. The third-order valence-electron chi connectivity index (χ3n) is 5.38. The number of aryl methyl sites for hydroxylation is 2. The molecule has 3 aromatic rings. The molecule has 8 nitrogen and oxygen atoms in total. The third kappa shape index (κ3) is 4.84. The van der Waals surface area contributed by atoms with Gasteiger partial charge in [0.05, 0.1) is 6.54 Å². The minimum atomic E-state index is -0.304. The van der Waals surface area contributed by atoms with Crippen LogP contribution >= 0.6 is 0 Å². The fraction of sp³-hybridized carbons (Fsp3) is 0.429. The van der Waals surface area contributed by atoms with E-state index in [9.17, 15) is 14.0 Å². The van der Waals surface area contributed by atoms with Crippen molar-refractivity contribution in [2.75, 3.05) is 0 Å². The van der Waals surface area contributed by atoms with Crippen molar-refractivity contribution in [2.45, 2.75) is 57.8 Å². The van der Waals surface area contributed by atoms with Crippen LogP contribution in [-0.2, 0) is 30.8 Å². The topological polar surface area (TPSA) is 86.7 Å². The largest absolute Gasteiger partial charge is 0.353 e. The smallest absolute Gasteiger partial charge is 0.346 e. The quantitative estimate of drug-likeness (QED) is 0.640. The lowest BCUT2D eigenvalue weighted by Crippen LogP contribution is -2.35. The molecule has 1 atom stereocenters. The van der Waals surface area contributed by atoms with E-state index in [1.165, 1.54) is 16.8 Å². The van der Waals surface area contributed by atoms with Crippen molar-refractivity contribution in [1.29, 1.82) is 0 Å². The molecule has 3 heterocycles. The Balaban J connectivity index is 1.30. The van der Waals surface area contributed by atoms with Crippen LogP contribution in [0.5, 0.6) is 0 Å². The molecule has 1 amide bonds. The molecule has 1 unspecified atom stereocenters. The zero-order valence-electron chi connectivity index (χ0n) is 16.7. The number of halogens is 1. The van der Waals surface area contributed by atoms with Gasteiger partial charge in [0, 0.05) is 44.4 Å². The lowest BCUT2D eigenvalue weighted by atomic mass is 10.1. The number of rotatable bonds is 7. The lowest BCUT2D eigenvalue weighted by molar-refractivity contribution is -0.122. The number of hydrogen-bond donors (Lipinski definition) is 1. The summed E-state index contributed by atoms with van der Waals surface area (Å²) in [5.74, 6) is 0.458. The number of amides is 1. The van der Waals surface area contributed by atoms with Crippen LogP contribution in [0.25, 0.3) is 0 Å². The maximum Gasteiger partial charge on any atom is 0.346 e. The highest BCUT2D eigenvalue weighted by Crippen LogP contribution is 2.13. The van der Waals surface area contributed by atoms with Gasteiger partial charge >= 0.3 is 5.69 Å². The molecule has 4 rings (SSSR count). The van der Waals surface area contributed by atoms with Crippen molar-refractivity contribution in [1.82, 2.24) is 29.4 Å². The summed E-state index contributed by atoms with van der Waals surface area (Å²) in [4.78, 5) is 25.0. The van der Waals surface area contributed by atoms with Crippen LogP contribution in [0, 0.1) is 5.82 Å². The summed E-state index contributed by atoms with van der Waals surface area (Å²) in [6, 6.07) is 7.97. The normalized spacial score (nSPS) is 16.1. The van der Waals surface area contributed by atoms with Crippen LogP contribution in [0.4, 0.5) is 4.39 Å². The Morgan fingerprint density at radius 2 is 2.07 bits per heavy atom. The van der Waals surface area contributed by atoms with Gasteiger partial charge in [0.1, 0.15) is 11.6 Å². The molecule has 0 fully saturated rings. The molecule has 9 heteroatoms. The van der Waals surface area contributed by atoms with E-state index in [-0.39, 0.29) is 23.5 Å². The highest BCUT2D eigenvalue weighted by molar-refractivity contribution is 5.76. The Morgan fingerprint density at radius 3 is 2.83 bits per heavy atom. The second-order valence-corrected chi connectivity index (χ2v) is 7.60. The predicted octanol–water partition coefficient (Wildman–Crippen LogP) is 1.73. The first kappa shape index (κ1) is 20.1. The Labute approximate surface area is 173 Å². The zero-order chi connectivity index (χ0) is 20.9. The van der Waals surface area contributed by atoms with Gasteiger partial charge in [0.25, 0.3) is 0 Å². The van der Waals surface area contributed by atoms with E-state index in [0.717, 1.165) is 24.2 Å². The van der Waals surface area contributed by atoms with E-state index in [0.29, 0.717) is 38.9 Å². The molecule has 1 aromatic carbocycles. The van der Waals surface area contributed by atoms with Gasteiger partial charge in [0.15, 0.2) is 0 Å². The van der Waals surface area contributed by atoms with E-state index in [1.807, 2.05) is 16.9 Å². The van der Waals surface area contributed by atoms with Gasteiger partial charge in [0.2, 0.25) is 5.91 Å². The summed E-state index contributed by atoms with van der Waals surface area (Å²) in [7, 11) is 0. The van der Waals surface area contributed by atoms with E-state index >= 15 is 0 Å². The molecule has 2 aromatic heterocycles. The molecule has 0 bridgehead atoms. The fourth-order valence-corrected chi connectivity index (χ4v) is 3.77. The maximum absolute atomic E-state index is 13.1. The van der Waals surface area contributed by atoms with E-state index in [2.05, 4.69) is 15.5 Å².